The predicted octanol–water partition coefficient (Wildman–Crippen LogP) is 0.629. The average molecular weight is 162 g/mol. The Balaban J connectivity index is 2.70. The lowest BCUT2D eigenvalue weighted by Gasteiger charge is -2.11. The van der Waals surface area contributed by atoms with Gasteiger partial charge in [0.25, 0.3) is 0 Å². The largest absolute Gasteiger partial charge is 0.301 e. The quantitative estimate of drug-likeness (QED) is 0.616. The number of fused-ring (bicyclic) bond motifs is 1. The standard InChI is InChI=1S/C8H10N4/c1-11(2)12-8-6-4-3-5-7(8)9-10-12/h3-6H,1-2H3. The van der Waals surface area contributed by atoms with Crippen molar-refractivity contribution in [2.45, 2.75) is 0 Å². The number of aromatic nitrogens is 3. The number of hydrogen-bond donors (Lipinski definition) is 0. The van der Waals surface area contributed by atoms with E-state index in [1.165, 1.54) is 0 Å². The summed E-state index contributed by atoms with van der Waals surface area (Å²) in [5.74, 6) is 0. The third-order valence-electron chi connectivity index (χ3n) is 1.71. The summed E-state index contributed by atoms with van der Waals surface area (Å²) in [5, 5.41) is 9.88. The van der Waals surface area contributed by atoms with Crippen molar-refractivity contribution in [1.29, 1.82) is 0 Å². The van der Waals surface area contributed by atoms with Crippen LogP contribution in [0.2, 0.25) is 0 Å². The Morgan fingerprint density at radius 2 is 2.00 bits per heavy atom. The van der Waals surface area contributed by atoms with E-state index in [0.29, 0.717) is 0 Å². The fraction of sp³-hybridized carbons (Fsp3) is 0.250. The second kappa shape index (κ2) is 2.48. The smallest absolute Gasteiger partial charge is 0.115 e. The Hall–Kier alpha value is -1.58. The third kappa shape index (κ3) is 0.922. The molecule has 1 heterocycles. The van der Waals surface area contributed by atoms with Gasteiger partial charge in [-0.05, 0) is 17.3 Å². The van der Waals surface area contributed by atoms with Gasteiger partial charge in [0.1, 0.15) is 11.0 Å². The number of rotatable bonds is 1. The molecule has 62 valence electrons. The van der Waals surface area contributed by atoms with Gasteiger partial charge in [0.15, 0.2) is 0 Å². The van der Waals surface area contributed by atoms with E-state index in [1.54, 1.807) is 4.79 Å². The lowest BCUT2D eigenvalue weighted by Crippen LogP contribution is -2.25. The van der Waals surface area contributed by atoms with E-state index in [-0.39, 0.29) is 0 Å². The topological polar surface area (TPSA) is 34.0 Å². The summed E-state index contributed by atoms with van der Waals surface area (Å²) >= 11 is 0. The summed E-state index contributed by atoms with van der Waals surface area (Å²) in [7, 11) is 3.86. The van der Waals surface area contributed by atoms with Gasteiger partial charge in [-0.3, -0.25) is 0 Å². The molecule has 0 amide bonds. The maximum atomic E-state index is 4.01. The van der Waals surface area contributed by atoms with Crippen LogP contribution < -0.4 is 5.01 Å². The molecule has 0 saturated carbocycles. The van der Waals surface area contributed by atoms with E-state index < -0.39 is 0 Å². The van der Waals surface area contributed by atoms with E-state index in [0.717, 1.165) is 11.0 Å². The summed E-state index contributed by atoms with van der Waals surface area (Å²) in [4.78, 5) is 1.76. The number of nitrogens with zero attached hydrogens (tertiary/aromatic N) is 4. The summed E-state index contributed by atoms with van der Waals surface area (Å²) in [5.41, 5.74) is 1.95. The monoisotopic (exact) mass is 162 g/mol. The summed E-state index contributed by atoms with van der Waals surface area (Å²) in [6.45, 7) is 0. The molecule has 0 fully saturated rings. The molecule has 0 aliphatic heterocycles. The van der Waals surface area contributed by atoms with Crippen molar-refractivity contribution in [3.05, 3.63) is 24.3 Å². The lowest BCUT2D eigenvalue weighted by atomic mass is 10.3. The van der Waals surface area contributed by atoms with Crippen LogP contribution >= 0.6 is 0 Å². The first-order valence-corrected chi connectivity index (χ1v) is 3.77. The highest BCUT2D eigenvalue weighted by Gasteiger charge is 2.02. The van der Waals surface area contributed by atoms with Gasteiger partial charge in [-0.25, -0.2) is 0 Å². The van der Waals surface area contributed by atoms with E-state index in [4.69, 9.17) is 0 Å². The van der Waals surface area contributed by atoms with Crippen molar-refractivity contribution in [2.24, 2.45) is 0 Å². The van der Waals surface area contributed by atoms with Crippen LogP contribution in [0.3, 0.4) is 0 Å². The number of benzene rings is 1. The lowest BCUT2D eigenvalue weighted by molar-refractivity contribution is 0.628. The summed E-state index contributed by atoms with van der Waals surface area (Å²) in [6, 6.07) is 7.88. The Labute approximate surface area is 70.4 Å². The molecule has 0 spiro atoms. The number of hydrogen-bond acceptors (Lipinski definition) is 3. The molecule has 1 aromatic carbocycles. The van der Waals surface area contributed by atoms with E-state index in [9.17, 15) is 0 Å². The second-order valence-corrected chi connectivity index (χ2v) is 2.81. The Morgan fingerprint density at radius 3 is 2.75 bits per heavy atom. The van der Waals surface area contributed by atoms with E-state index in [2.05, 4.69) is 10.3 Å². The van der Waals surface area contributed by atoms with Gasteiger partial charge >= 0.3 is 0 Å². The molecule has 0 bridgehead atoms. The van der Waals surface area contributed by atoms with Gasteiger partial charge in [-0.15, -0.1) is 5.10 Å². The fourth-order valence-electron chi connectivity index (χ4n) is 1.15. The summed E-state index contributed by atoms with van der Waals surface area (Å²) < 4.78 is 0. The molecule has 0 radical (unpaired) electrons. The maximum Gasteiger partial charge on any atom is 0.115 e. The molecule has 2 aromatic rings. The molecular formula is C8H10N4. The zero-order valence-corrected chi connectivity index (χ0v) is 7.10. The van der Waals surface area contributed by atoms with Crippen molar-refractivity contribution < 1.29 is 0 Å². The zero-order chi connectivity index (χ0) is 8.55. The molecule has 0 atom stereocenters. The zero-order valence-electron chi connectivity index (χ0n) is 7.10. The van der Waals surface area contributed by atoms with Gasteiger partial charge in [0.05, 0.1) is 0 Å². The highest BCUT2D eigenvalue weighted by molar-refractivity contribution is 5.74. The molecule has 12 heavy (non-hydrogen) atoms. The normalized spacial score (nSPS) is 10.5. The molecule has 0 unspecified atom stereocenters. The van der Waals surface area contributed by atoms with Crippen LogP contribution in [0.25, 0.3) is 11.0 Å². The van der Waals surface area contributed by atoms with E-state index >= 15 is 0 Å². The van der Waals surface area contributed by atoms with Crippen LogP contribution in [0.15, 0.2) is 24.3 Å². The fourth-order valence-corrected chi connectivity index (χ4v) is 1.15. The molecule has 2 rings (SSSR count). The Bertz CT molecular complexity index is 391. The minimum Gasteiger partial charge on any atom is -0.301 e. The first-order chi connectivity index (χ1) is 5.79. The van der Waals surface area contributed by atoms with Crippen molar-refractivity contribution in [2.75, 3.05) is 19.1 Å². The molecule has 4 heteroatoms. The molecule has 0 aliphatic carbocycles. The minimum absolute atomic E-state index is 0.922. The van der Waals surface area contributed by atoms with E-state index in [1.807, 2.05) is 43.4 Å². The van der Waals surface area contributed by atoms with Gasteiger partial charge in [-0.1, -0.05) is 12.1 Å². The van der Waals surface area contributed by atoms with Gasteiger partial charge in [0, 0.05) is 14.1 Å². The van der Waals surface area contributed by atoms with Gasteiger partial charge in [0.2, 0.25) is 0 Å². The molecular weight excluding hydrogens is 152 g/mol. The third-order valence-corrected chi connectivity index (χ3v) is 1.71. The first kappa shape index (κ1) is 7.09. The molecule has 1 aromatic heterocycles. The molecule has 0 N–H and O–H groups in total. The predicted molar refractivity (Wildman–Crippen MR) is 47.6 cm³/mol. The average Bonchev–Trinajstić information content (AvgIpc) is 2.47. The van der Waals surface area contributed by atoms with Gasteiger partial charge in [-0.2, -0.15) is 4.79 Å². The maximum absolute atomic E-state index is 4.01. The van der Waals surface area contributed by atoms with Crippen LogP contribution in [0, 0.1) is 0 Å². The van der Waals surface area contributed by atoms with Gasteiger partial charge < -0.3 is 5.01 Å². The van der Waals surface area contributed by atoms with Crippen LogP contribution in [0.4, 0.5) is 0 Å². The van der Waals surface area contributed by atoms with Crippen molar-refractivity contribution >= 4 is 11.0 Å². The van der Waals surface area contributed by atoms with Crippen LogP contribution in [0.5, 0.6) is 0 Å². The number of para-hydroxylation sites is 1. The van der Waals surface area contributed by atoms with Crippen molar-refractivity contribution in [3.8, 4) is 0 Å². The van der Waals surface area contributed by atoms with Crippen LogP contribution in [-0.4, -0.2) is 29.2 Å². The highest BCUT2D eigenvalue weighted by atomic mass is 15.7. The SMILES string of the molecule is CN(C)n1nnc2ccccc21. The molecule has 0 aliphatic rings. The Kier molecular flexibility index (Phi) is 1.46. The minimum atomic E-state index is 0.922. The molecule has 0 saturated heterocycles. The molecule has 4 nitrogen and oxygen atoms in total. The van der Waals surface area contributed by atoms with Crippen molar-refractivity contribution in [3.63, 3.8) is 0 Å². The second-order valence-electron chi connectivity index (χ2n) is 2.81. The first-order valence-electron chi connectivity index (χ1n) is 3.77. The van der Waals surface area contributed by atoms with Crippen LogP contribution in [-0.2, 0) is 0 Å². The van der Waals surface area contributed by atoms with Crippen molar-refractivity contribution in [1.82, 2.24) is 15.1 Å². The summed E-state index contributed by atoms with van der Waals surface area (Å²) in [6.07, 6.45) is 0. The highest BCUT2D eigenvalue weighted by Crippen LogP contribution is 2.08. The Morgan fingerprint density at radius 1 is 1.25 bits per heavy atom. The van der Waals surface area contributed by atoms with Crippen LogP contribution in [0.1, 0.15) is 0 Å².